The lowest BCUT2D eigenvalue weighted by molar-refractivity contribution is 0.0657. The molecule has 6 nitrogen and oxygen atoms in total. The van der Waals surface area contributed by atoms with Crippen molar-refractivity contribution in [1.82, 2.24) is 4.90 Å². The third-order valence-electron chi connectivity index (χ3n) is 8.89. The standard InChI is InChI=1S/C31H46N4O2/c1-20-15-25-26(31(5,6)14-13-30(25,3)4)16-24(20)19-35(28(36)27-12-7-21(2)37-27)18-23-10-8-22(9-11-23)17-34-29(32)33/h7,12,15-16,22-23H,8-11,13-14,17-19H2,1-6H3,(H4,32,33,34). The van der Waals surface area contributed by atoms with E-state index in [0.717, 1.165) is 38.0 Å². The van der Waals surface area contributed by atoms with Gasteiger partial charge in [0.05, 0.1) is 0 Å². The molecule has 1 saturated carbocycles. The Hall–Kier alpha value is -2.76. The third-order valence-corrected chi connectivity index (χ3v) is 8.89. The molecule has 1 aromatic carbocycles. The van der Waals surface area contributed by atoms with E-state index in [0.29, 0.717) is 30.7 Å². The van der Waals surface area contributed by atoms with E-state index in [4.69, 9.17) is 15.9 Å². The van der Waals surface area contributed by atoms with E-state index >= 15 is 0 Å². The van der Waals surface area contributed by atoms with Crippen LogP contribution in [0.15, 0.2) is 33.7 Å². The van der Waals surface area contributed by atoms with Crippen LogP contribution < -0.4 is 11.5 Å². The van der Waals surface area contributed by atoms with Gasteiger partial charge in [0, 0.05) is 19.6 Å². The molecule has 1 heterocycles. The Bertz CT molecular complexity index is 1150. The maximum absolute atomic E-state index is 13.7. The summed E-state index contributed by atoms with van der Waals surface area (Å²) < 4.78 is 5.78. The number of carbonyl (C=O) groups is 1. The van der Waals surface area contributed by atoms with Crippen LogP contribution in [0, 0.1) is 25.7 Å². The monoisotopic (exact) mass is 506 g/mol. The fourth-order valence-electron chi connectivity index (χ4n) is 6.21. The average Bonchev–Trinajstić information content (AvgIpc) is 3.27. The molecule has 2 aromatic rings. The van der Waals surface area contributed by atoms with Gasteiger partial charge in [-0.1, -0.05) is 39.8 Å². The summed E-state index contributed by atoms with van der Waals surface area (Å²) >= 11 is 0. The maximum atomic E-state index is 13.7. The largest absolute Gasteiger partial charge is 0.456 e. The van der Waals surface area contributed by atoms with Gasteiger partial charge in [0.25, 0.3) is 5.91 Å². The summed E-state index contributed by atoms with van der Waals surface area (Å²) in [5, 5.41) is 0. The number of nitrogens with two attached hydrogens (primary N) is 2. The molecule has 4 rings (SSSR count). The number of rotatable bonds is 7. The second-order valence-electron chi connectivity index (χ2n) is 12.8. The smallest absolute Gasteiger partial charge is 0.289 e. The van der Waals surface area contributed by atoms with Gasteiger partial charge in [0.15, 0.2) is 11.7 Å². The Morgan fingerprint density at radius 1 is 0.973 bits per heavy atom. The Balaban J connectivity index is 1.58. The van der Waals surface area contributed by atoms with Crippen molar-refractivity contribution in [3.05, 3.63) is 58.0 Å². The van der Waals surface area contributed by atoms with Crippen molar-refractivity contribution < 1.29 is 9.21 Å². The average molecular weight is 507 g/mol. The maximum Gasteiger partial charge on any atom is 0.289 e. The highest BCUT2D eigenvalue weighted by Gasteiger charge is 2.37. The molecule has 6 heteroatoms. The molecule has 0 saturated heterocycles. The number of hydrogen-bond donors (Lipinski definition) is 2. The normalized spacial score (nSPS) is 22.2. The quantitative estimate of drug-likeness (QED) is 0.357. The summed E-state index contributed by atoms with van der Waals surface area (Å²) in [7, 11) is 0. The molecule has 4 N–H and O–H groups in total. The summed E-state index contributed by atoms with van der Waals surface area (Å²) in [6.45, 7) is 15.5. The van der Waals surface area contributed by atoms with Crippen LogP contribution in [0.1, 0.15) is 105 Å². The molecule has 0 unspecified atom stereocenters. The van der Waals surface area contributed by atoms with E-state index in [1.807, 2.05) is 24.0 Å². The van der Waals surface area contributed by atoms with Crippen molar-refractivity contribution >= 4 is 11.9 Å². The second-order valence-corrected chi connectivity index (χ2v) is 12.8. The van der Waals surface area contributed by atoms with E-state index < -0.39 is 0 Å². The highest BCUT2D eigenvalue weighted by Crippen LogP contribution is 2.46. The number of carbonyl (C=O) groups excluding carboxylic acids is 1. The first-order valence-electron chi connectivity index (χ1n) is 13.9. The predicted molar refractivity (Wildman–Crippen MR) is 151 cm³/mol. The van der Waals surface area contributed by atoms with E-state index in [9.17, 15) is 4.79 Å². The van der Waals surface area contributed by atoms with Gasteiger partial charge in [-0.3, -0.25) is 9.79 Å². The van der Waals surface area contributed by atoms with E-state index in [1.54, 1.807) is 0 Å². The fourth-order valence-corrected chi connectivity index (χ4v) is 6.21. The van der Waals surface area contributed by atoms with Gasteiger partial charge in [-0.2, -0.15) is 0 Å². The molecule has 37 heavy (non-hydrogen) atoms. The predicted octanol–water partition coefficient (Wildman–Crippen LogP) is 5.97. The van der Waals surface area contributed by atoms with Gasteiger partial charge in [-0.25, -0.2) is 0 Å². The van der Waals surface area contributed by atoms with E-state index in [-0.39, 0.29) is 22.7 Å². The number of hydrogen-bond acceptors (Lipinski definition) is 3. The van der Waals surface area contributed by atoms with Crippen molar-refractivity contribution in [2.75, 3.05) is 13.1 Å². The van der Waals surface area contributed by atoms with Gasteiger partial charge < -0.3 is 20.8 Å². The molecule has 0 atom stereocenters. The second kappa shape index (κ2) is 10.5. The number of furan rings is 1. The third kappa shape index (κ3) is 6.22. The van der Waals surface area contributed by atoms with Gasteiger partial charge >= 0.3 is 0 Å². The van der Waals surface area contributed by atoms with Crippen LogP contribution >= 0.6 is 0 Å². The van der Waals surface area contributed by atoms with Crippen LogP contribution in [-0.4, -0.2) is 29.9 Å². The number of amides is 1. The zero-order chi connectivity index (χ0) is 27.0. The lowest BCUT2D eigenvalue weighted by atomic mass is 9.62. The van der Waals surface area contributed by atoms with Gasteiger partial charge in [0.2, 0.25) is 0 Å². The molecular formula is C31H46N4O2. The molecular weight excluding hydrogens is 460 g/mol. The summed E-state index contributed by atoms with van der Waals surface area (Å²) in [4.78, 5) is 19.9. The zero-order valence-electron chi connectivity index (χ0n) is 23.7. The fraction of sp³-hybridized carbons (Fsp3) is 0.613. The minimum absolute atomic E-state index is 0.0209. The van der Waals surface area contributed by atoms with Gasteiger partial charge in [-0.05, 0) is 109 Å². The number of aliphatic imine (C=N–C) groups is 1. The zero-order valence-corrected chi connectivity index (χ0v) is 23.7. The number of fused-ring (bicyclic) bond motifs is 1. The SMILES string of the molecule is Cc1ccc(C(=O)N(Cc2cc3c(cc2C)C(C)(C)CCC3(C)C)CC2CCC(CN=C(N)N)CC2)o1. The van der Waals surface area contributed by atoms with Crippen LogP contribution in [-0.2, 0) is 17.4 Å². The molecule has 1 fully saturated rings. The molecule has 0 bridgehead atoms. The molecule has 0 spiro atoms. The van der Waals surface area contributed by atoms with E-state index in [1.165, 1.54) is 35.1 Å². The number of nitrogens with zero attached hydrogens (tertiary/aromatic N) is 2. The summed E-state index contributed by atoms with van der Waals surface area (Å²) in [5.41, 5.74) is 16.8. The Morgan fingerprint density at radius 3 is 2.14 bits per heavy atom. The first-order valence-corrected chi connectivity index (χ1v) is 13.9. The molecule has 202 valence electrons. The van der Waals surface area contributed by atoms with Crippen molar-refractivity contribution in [2.24, 2.45) is 28.3 Å². The van der Waals surface area contributed by atoms with Crippen LogP contribution in [0.25, 0.3) is 0 Å². The molecule has 1 aromatic heterocycles. The first kappa shape index (κ1) is 27.3. The minimum atomic E-state index is -0.0209. The summed E-state index contributed by atoms with van der Waals surface area (Å²) in [6, 6.07) is 8.46. The first-order chi connectivity index (χ1) is 17.4. The number of aryl methyl sites for hydroxylation is 2. The Morgan fingerprint density at radius 2 is 1.57 bits per heavy atom. The van der Waals surface area contributed by atoms with Crippen LogP contribution in [0.3, 0.4) is 0 Å². The molecule has 1 amide bonds. The van der Waals surface area contributed by atoms with Crippen LogP contribution in [0.5, 0.6) is 0 Å². The Kier molecular flexibility index (Phi) is 7.77. The number of guanidine groups is 1. The van der Waals surface area contributed by atoms with Crippen LogP contribution in [0.2, 0.25) is 0 Å². The van der Waals surface area contributed by atoms with Crippen molar-refractivity contribution in [2.45, 2.75) is 97.4 Å². The molecule has 2 aliphatic rings. The molecule has 2 aliphatic carbocycles. The molecule has 0 aliphatic heterocycles. The van der Waals surface area contributed by atoms with Crippen molar-refractivity contribution in [3.8, 4) is 0 Å². The summed E-state index contributed by atoms with van der Waals surface area (Å²) in [6.07, 6.45) is 6.70. The van der Waals surface area contributed by atoms with Crippen LogP contribution in [0.4, 0.5) is 0 Å². The van der Waals surface area contributed by atoms with Gasteiger partial charge in [-0.15, -0.1) is 0 Å². The lowest BCUT2D eigenvalue weighted by Gasteiger charge is -2.42. The Labute approximate surface area is 222 Å². The summed E-state index contributed by atoms with van der Waals surface area (Å²) in [5.74, 6) is 2.31. The minimum Gasteiger partial charge on any atom is -0.456 e. The lowest BCUT2D eigenvalue weighted by Crippen LogP contribution is -2.37. The molecule has 0 radical (unpaired) electrons. The van der Waals surface area contributed by atoms with Gasteiger partial charge in [0.1, 0.15) is 5.76 Å². The highest BCUT2D eigenvalue weighted by molar-refractivity contribution is 5.91. The topological polar surface area (TPSA) is 97.8 Å². The van der Waals surface area contributed by atoms with Crippen molar-refractivity contribution in [3.63, 3.8) is 0 Å². The highest BCUT2D eigenvalue weighted by atomic mass is 16.3. The number of benzene rings is 1. The van der Waals surface area contributed by atoms with E-state index in [2.05, 4.69) is 51.7 Å². The van der Waals surface area contributed by atoms with Crippen molar-refractivity contribution in [1.29, 1.82) is 0 Å².